The summed E-state index contributed by atoms with van der Waals surface area (Å²) in [5.74, 6) is 2.55. The number of rotatable bonds is 4. The van der Waals surface area contributed by atoms with Gasteiger partial charge in [0.1, 0.15) is 0 Å². The zero-order chi connectivity index (χ0) is 13.0. The highest BCUT2D eigenvalue weighted by molar-refractivity contribution is 4.84. The first-order valence-electron chi connectivity index (χ1n) is 8.12. The number of nitrogens with zero attached hydrogens (tertiary/aromatic N) is 1. The monoisotopic (exact) mass is 252 g/mol. The fourth-order valence-electron chi connectivity index (χ4n) is 4.29. The zero-order valence-corrected chi connectivity index (χ0v) is 12.4. The van der Waals surface area contributed by atoms with Crippen LogP contribution in [0, 0.1) is 17.8 Å². The molecule has 2 nitrogen and oxygen atoms in total. The average molecular weight is 252 g/mol. The van der Waals surface area contributed by atoms with Crippen molar-refractivity contribution in [3.63, 3.8) is 0 Å². The van der Waals surface area contributed by atoms with Gasteiger partial charge in [0.25, 0.3) is 0 Å². The van der Waals surface area contributed by atoms with Gasteiger partial charge in [-0.15, -0.1) is 0 Å². The van der Waals surface area contributed by atoms with E-state index in [0.717, 1.165) is 30.3 Å². The van der Waals surface area contributed by atoms with Crippen molar-refractivity contribution in [2.45, 2.75) is 64.3 Å². The Hall–Kier alpha value is -0.0800. The largest absolute Gasteiger partial charge is 0.330 e. The topological polar surface area (TPSA) is 29.3 Å². The predicted octanol–water partition coefficient (Wildman–Crippen LogP) is 3.26. The Morgan fingerprint density at radius 2 is 1.56 bits per heavy atom. The average Bonchev–Trinajstić information content (AvgIpc) is 2.39. The summed E-state index contributed by atoms with van der Waals surface area (Å²) >= 11 is 0. The number of hydrogen-bond donors (Lipinski definition) is 1. The Morgan fingerprint density at radius 1 is 0.944 bits per heavy atom. The van der Waals surface area contributed by atoms with Gasteiger partial charge in [-0.25, -0.2) is 0 Å². The second-order valence-corrected chi connectivity index (χ2v) is 6.81. The van der Waals surface area contributed by atoms with Crippen molar-refractivity contribution in [1.82, 2.24) is 4.90 Å². The third-order valence-electron chi connectivity index (χ3n) is 5.52. The quantitative estimate of drug-likeness (QED) is 0.832. The summed E-state index contributed by atoms with van der Waals surface area (Å²) in [4.78, 5) is 2.67. The van der Waals surface area contributed by atoms with Gasteiger partial charge in [0.05, 0.1) is 0 Å². The van der Waals surface area contributed by atoms with E-state index in [9.17, 15) is 0 Å². The summed E-state index contributed by atoms with van der Waals surface area (Å²) in [6.07, 6.45) is 11.3. The molecule has 4 unspecified atom stereocenters. The molecule has 0 saturated heterocycles. The molecular weight excluding hydrogens is 220 g/mol. The van der Waals surface area contributed by atoms with E-state index in [1.54, 1.807) is 0 Å². The lowest BCUT2D eigenvalue weighted by Gasteiger charge is -2.40. The Labute approximate surface area is 113 Å². The van der Waals surface area contributed by atoms with Crippen LogP contribution in [0.1, 0.15) is 58.3 Å². The van der Waals surface area contributed by atoms with E-state index in [1.165, 1.54) is 57.9 Å². The first kappa shape index (κ1) is 14.3. The first-order valence-corrected chi connectivity index (χ1v) is 8.12. The summed E-state index contributed by atoms with van der Waals surface area (Å²) in [5, 5.41) is 0. The molecule has 0 amide bonds. The number of nitrogens with two attached hydrogens (primary N) is 1. The van der Waals surface area contributed by atoms with E-state index < -0.39 is 0 Å². The molecule has 0 radical (unpaired) electrons. The van der Waals surface area contributed by atoms with Crippen molar-refractivity contribution in [3.05, 3.63) is 0 Å². The molecule has 2 aliphatic rings. The van der Waals surface area contributed by atoms with Gasteiger partial charge >= 0.3 is 0 Å². The van der Waals surface area contributed by atoms with Crippen molar-refractivity contribution in [2.24, 2.45) is 23.5 Å². The minimum atomic E-state index is 0.792. The maximum atomic E-state index is 5.96. The Morgan fingerprint density at radius 3 is 2.22 bits per heavy atom. The molecule has 18 heavy (non-hydrogen) atoms. The molecule has 2 N–H and O–H groups in total. The lowest BCUT2D eigenvalue weighted by Crippen LogP contribution is -2.44. The van der Waals surface area contributed by atoms with E-state index in [2.05, 4.69) is 18.9 Å². The molecule has 2 rings (SSSR count). The van der Waals surface area contributed by atoms with Crippen LogP contribution < -0.4 is 5.73 Å². The van der Waals surface area contributed by atoms with Gasteiger partial charge < -0.3 is 10.6 Å². The molecule has 0 aromatic carbocycles. The first-order chi connectivity index (χ1) is 8.72. The van der Waals surface area contributed by atoms with Crippen LogP contribution in [0.5, 0.6) is 0 Å². The molecule has 4 atom stereocenters. The second kappa shape index (κ2) is 6.91. The van der Waals surface area contributed by atoms with E-state index in [-0.39, 0.29) is 0 Å². The smallest absolute Gasteiger partial charge is 0.0118 e. The van der Waals surface area contributed by atoms with Crippen LogP contribution in [0.2, 0.25) is 0 Å². The fourth-order valence-corrected chi connectivity index (χ4v) is 4.29. The summed E-state index contributed by atoms with van der Waals surface area (Å²) < 4.78 is 0. The SMILES string of the molecule is CC1CCCCC1N(C)CC1CCCCC1CN. The third kappa shape index (κ3) is 3.48. The molecular formula is C16H32N2. The van der Waals surface area contributed by atoms with Crippen molar-refractivity contribution >= 4 is 0 Å². The Kier molecular flexibility index (Phi) is 5.50. The third-order valence-corrected chi connectivity index (χ3v) is 5.52. The van der Waals surface area contributed by atoms with Crippen molar-refractivity contribution in [3.8, 4) is 0 Å². The van der Waals surface area contributed by atoms with Crippen molar-refractivity contribution in [2.75, 3.05) is 20.1 Å². The van der Waals surface area contributed by atoms with Crippen LogP contribution in [0.25, 0.3) is 0 Å². The minimum absolute atomic E-state index is 0.792. The van der Waals surface area contributed by atoms with Crippen molar-refractivity contribution < 1.29 is 0 Å². The minimum Gasteiger partial charge on any atom is -0.330 e. The zero-order valence-electron chi connectivity index (χ0n) is 12.4. The molecule has 2 aliphatic carbocycles. The highest BCUT2D eigenvalue weighted by Crippen LogP contribution is 2.33. The Bertz CT molecular complexity index is 241. The van der Waals surface area contributed by atoms with Gasteiger partial charge in [-0.3, -0.25) is 0 Å². The summed E-state index contributed by atoms with van der Waals surface area (Å²) in [7, 11) is 2.36. The molecule has 2 heteroatoms. The highest BCUT2D eigenvalue weighted by atomic mass is 15.1. The van der Waals surface area contributed by atoms with Crippen LogP contribution in [-0.4, -0.2) is 31.1 Å². The van der Waals surface area contributed by atoms with E-state index in [1.807, 2.05) is 0 Å². The maximum Gasteiger partial charge on any atom is 0.0118 e. The molecule has 0 bridgehead atoms. The molecule has 0 spiro atoms. The van der Waals surface area contributed by atoms with E-state index in [4.69, 9.17) is 5.73 Å². The molecule has 0 aromatic rings. The van der Waals surface area contributed by atoms with Gasteiger partial charge in [-0.1, -0.05) is 32.6 Å². The standard InChI is InChI=1S/C16H32N2/c1-13-7-3-6-10-16(13)18(2)12-15-9-5-4-8-14(15)11-17/h13-16H,3-12,17H2,1-2H3. The molecule has 0 heterocycles. The maximum absolute atomic E-state index is 5.96. The summed E-state index contributed by atoms with van der Waals surface area (Å²) in [6.45, 7) is 4.64. The Balaban J connectivity index is 1.86. The number of hydrogen-bond acceptors (Lipinski definition) is 2. The molecule has 106 valence electrons. The molecule has 2 fully saturated rings. The second-order valence-electron chi connectivity index (χ2n) is 6.81. The molecule has 2 saturated carbocycles. The van der Waals surface area contributed by atoms with E-state index in [0.29, 0.717) is 0 Å². The van der Waals surface area contributed by atoms with Crippen LogP contribution in [0.15, 0.2) is 0 Å². The van der Waals surface area contributed by atoms with Gasteiger partial charge in [0.2, 0.25) is 0 Å². The van der Waals surface area contributed by atoms with Crippen molar-refractivity contribution in [1.29, 1.82) is 0 Å². The van der Waals surface area contributed by atoms with Gasteiger partial charge in [-0.05, 0) is 57.0 Å². The van der Waals surface area contributed by atoms with Gasteiger partial charge in [0.15, 0.2) is 0 Å². The lowest BCUT2D eigenvalue weighted by atomic mass is 9.78. The molecule has 0 aromatic heterocycles. The normalized spacial score (nSPS) is 38.0. The van der Waals surface area contributed by atoms with Crippen LogP contribution >= 0.6 is 0 Å². The van der Waals surface area contributed by atoms with Crippen LogP contribution in [0.3, 0.4) is 0 Å². The van der Waals surface area contributed by atoms with Gasteiger partial charge in [-0.2, -0.15) is 0 Å². The fraction of sp³-hybridized carbons (Fsp3) is 1.00. The highest BCUT2D eigenvalue weighted by Gasteiger charge is 2.30. The summed E-state index contributed by atoms with van der Waals surface area (Å²) in [6, 6.07) is 0.833. The van der Waals surface area contributed by atoms with Crippen LogP contribution in [-0.2, 0) is 0 Å². The molecule has 0 aliphatic heterocycles. The summed E-state index contributed by atoms with van der Waals surface area (Å²) in [5.41, 5.74) is 5.96. The van der Waals surface area contributed by atoms with E-state index >= 15 is 0 Å². The van der Waals surface area contributed by atoms with Crippen LogP contribution in [0.4, 0.5) is 0 Å². The van der Waals surface area contributed by atoms with Gasteiger partial charge in [0, 0.05) is 12.6 Å². The predicted molar refractivity (Wildman–Crippen MR) is 78.6 cm³/mol. The lowest BCUT2D eigenvalue weighted by molar-refractivity contribution is 0.0932.